The van der Waals surface area contributed by atoms with Crippen molar-refractivity contribution in [3.63, 3.8) is 0 Å². The monoisotopic (exact) mass is 508 g/mol. The zero-order valence-corrected chi connectivity index (χ0v) is 22.5. The van der Waals surface area contributed by atoms with Gasteiger partial charge in [0.05, 0.1) is 17.8 Å². The van der Waals surface area contributed by atoms with E-state index in [1.807, 2.05) is 0 Å². The largest absolute Gasteiger partial charge is 0.455 e. The van der Waals surface area contributed by atoms with E-state index in [4.69, 9.17) is 18.9 Å². The Labute approximate surface area is 213 Å². The van der Waals surface area contributed by atoms with Crippen LogP contribution in [0.1, 0.15) is 68.2 Å². The molecule has 0 bridgehead atoms. The van der Waals surface area contributed by atoms with Gasteiger partial charge < -0.3 is 29.2 Å². The molecule has 0 amide bonds. The van der Waals surface area contributed by atoms with Gasteiger partial charge in [0.2, 0.25) is 0 Å². The van der Waals surface area contributed by atoms with E-state index >= 15 is 0 Å². The molecular weight excluding hydrogens is 468 g/mol. The number of aliphatic hydroxyl groups is 2. The van der Waals surface area contributed by atoms with E-state index in [1.54, 1.807) is 46.8 Å². The Morgan fingerprint density at radius 2 is 1.67 bits per heavy atom. The minimum atomic E-state index is -1.47. The molecule has 7 atom stereocenters. The van der Waals surface area contributed by atoms with E-state index in [1.165, 1.54) is 20.8 Å². The van der Waals surface area contributed by atoms with E-state index in [0.29, 0.717) is 23.1 Å². The number of carbonyl (C=O) groups excluding carboxylic acids is 3. The first-order valence-electron chi connectivity index (χ1n) is 12.2. The number of esters is 3. The molecule has 0 radical (unpaired) electrons. The van der Waals surface area contributed by atoms with Gasteiger partial charge in [0.1, 0.15) is 17.8 Å². The fourth-order valence-corrected chi connectivity index (χ4v) is 4.26. The molecule has 1 saturated carbocycles. The van der Waals surface area contributed by atoms with E-state index in [9.17, 15) is 24.6 Å². The maximum atomic E-state index is 12.8. The lowest BCUT2D eigenvalue weighted by molar-refractivity contribution is -0.176. The number of aliphatic hydroxyl groups excluding tert-OH is 1. The summed E-state index contributed by atoms with van der Waals surface area (Å²) in [7, 11) is 0. The molecule has 1 aliphatic heterocycles. The van der Waals surface area contributed by atoms with Gasteiger partial charge in [0.15, 0.2) is 6.10 Å². The average Bonchev–Trinajstić information content (AvgIpc) is 3.48. The maximum Gasteiger partial charge on any atom is 0.333 e. The van der Waals surface area contributed by atoms with Gasteiger partial charge in [0.25, 0.3) is 0 Å². The number of hydrogen-bond acceptors (Lipinski definition) is 9. The highest BCUT2D eigenvalue weighted by atomic mass is 16.7. The molecule has 1 heterocycles. The Hall–Kier alpha value is -2.49. The highest BCUT2D eigenvalue weighted by Gasteiger charge is 2.68. The lowest BCUT2D eigenvalue weighted by Gasteiger charge is -2.40. The summed E-state index contributed by atoms with van der Waals surface area (Å²) in [5.41, 5.74) is -1.22. The number of carbonyl (C=O) groups is 3. The Balaban J connectivity index is 2.48. The molecule has 9 heteroatoms. The third-order valence-electron chi connectivity index (χ3n) is 7.14. The third kappa shape index (κ3) is 6.63. The highest BCUT2D eigenvalue weighted by Crippen LogP contribution is 2.53. The molecular formula is C27H40O9. The predicted molar refractivity (Wildman–Crippen MR) is 132 cm³/mol. The van der Waals surface area contributed by atoms with Gasteiger partial charge in [-0.05, 0) is 60.5 Å². The van der Waals surface area contributed by atoms with Gasteiger partial charge in [-0.1, -0.05) is 18.7 Å². The maximum absolute atomic E-state index is 12.8. The summed E-state index contributed by atoms with van der Waals surface area (Å²) in [6, 6.07) is 0. The number of hydrogen-bond donors (Lipinski definition) is 2. The molecule has 1 aliphatic carbocycles. The van der Waals surface area contributed by atoms with Crippen molar-refractivity contribution in [1.29, 1.82) is 0 Å². The highest BCUT2D eigenvalue weighted by molar-refractivity contribution is 5.88. The second-order valence-electron chi connectivity index (χ2n) is 10.3. The van der Waals surface area contributed by atoms with Gasteiger partial charge in [-0.15, -0.1) is 0 Å². The summed E-state index contributed by atoms with van der Waals surface area (Å²) >= 11 is 0. The molecule has 9 nitrogen and oxygen atoms in total. The van der Waals surface area contributed by atoms with Crippen LogP contribution in [-0.4, -0.2) is 69.8 Å². The normalized spacial score (nSPS) is 29.9. The zero-order chi connectivity index (χ0) is 27.6. The first-order chi connectivity index (χ1) is 16.6. The van der Waals surface area contributed by atoms with Crippen molar-refractivity contribution in [3.05, 3.63) is 35.5 Å². The molecule has 0 spiro atoms. The van der Waals surface area contributed by atoms with Crippen LogP contribution < -0.4 is 0 Å². The number of epoxide rings is 1. The molecule has 36 heavy (non-hydrogen) atoms. The van der Waals surface area contributed by atoms with Crippen LogP contribution in [0.5, 0.6) is 0 Å². The van der Waals surface area contributed by atoms with Crippen LogP contribution in [0.2, 0.25) is 0 Å². The quantitative estimate of drug-likeness (QED) is 0.150. The molecule has 0 aromatic heterocycles. The standard InChI is InChI=1S/C27H40O9/c1-10-14(3)24(30)34-19(13-20(29)26(7,8)32)16(5)18-12-21-27(9,36-21)23(33-17(6)28)22(18)35-25(31)15(4)11-2/h10-11,18-23,29,32H,5,12-13H2,1-4,6-9H3/b14-10-,15-11-/t18-,19?,20?,21-,22+,23+,27-/m0/s1. The fourth-order valence-electron chi connectivity index (χ4n) is 4.26. The topological polar surface area (TPSA) is 132 Å². The van der Waals surface area contributed by atoms with E-state index in [0.717, 1.165) is 0 Å². The van der Waals surface area contributed by atoms with Crippen LogP contribution in [0.4, 0.5) is 0 Å². The Morgan fingerprint density at radius 1 is 1.11 bits per heavy atom. The van der Waals surface area contributed by atoms with Gasteiger partial charge >= 0.3 is 17.9 Å². The first-order valence-corrected chi connectivity index (χ1v) is 12.2. The summed E-state index contributed by atoms with van der Waals surface area (Å²) < 4.78 is 23.1. The van der Waals surface area contributed by atoms with Crippen molar-refractivity contribution < 1.29 is 43.5 Å². The number of rotatable bonds is 10. The number of fused-ring (bicyclic) bond motifs is 1. The lowest BCUT2D eigenvalue weighted by atomic mass is 9.73. The number of ether oxygens (including phenoxy) is 4. The summed E-state index contributed by atoms with van der Waals surface area (Å²) in [4.78, 5) is 37.4. The summed E-state index contributed by atoms with van der Waals surface area (Å²) in [5.74, 6) is -2.38. The number of allylic oxidation sites excluding steroid dienone is 2. The fraction of sp³-hybridized carbons (Fsp3) is 0.667. The van der Waals surface area contributed by atoms with E-state index in [-0.39, 0.29) is 12.5 Å². The second-order valence-corrected chi connectivity index (χ2v) is 10.3. The van der Waals surface area contributed by atoms with Crippen LogP contribution in [0.25, 0.3) is 0 Å². The molecule has 2 rings (SSSR count). The molecule has 2 N–H and O–H groups in total. The summed E-state index contributed by atoms with van der Waals surface area (Å²) in [6.45, 7) is 16.7. The van der Waals surface area contributed by atoms with Gasteiger partial charge in [0, 0.05) is 30.4 Å². The molecule has 2 fully saturated rings. The molecule has 2 unspecified atom stereocenters. The van der Waals surface area contributed by atoms with Crippen molar-refractivity contribution in [3.8, 4) is 0 Å². The first kappa shape index (κ1) is 29.7. The Kier molecular flexibility index (Phi) is 9.31. The van der Waals surface area contributed by atoms with Crippen molar-refractivity contribution in [2.24, 2.45) is 5.92 Å². The van der Waals surface area contributed by atoms with Crippen LogP contribution >= 0.6 is 0 Å². The van der Waals surface area contributed by atoms with Crippen molar-refractivity contribution in [1.82, 2.24) is 0 Å². The van der Waals surface area contributed by atoms with Gasteiger partial charge in [-0.2, -0.15) is 0 Å². The van der Waals surface area contributed by atoms with E-state index < -0.39 is 59.4 Å². The van der Waals surface area contributed by atoms with Crippen molar-refractivity contribution >= 4 is 17.9 Å². The second kappa shape index (κ2) is 11.3. The molecule has 0 aromatic rings. The van der Waals surface area contributed by atoms with Crippen LogP contribution in [0, 0.1) is 5.92 Å². The minimum Gasteiger partial charge on any atom is -0.455 e. The average molecular weight is 509 g/mol. The Bertz CT molecular complexity index is 941. The minimum absolute atomic E-state index is 0.142. The van der Waals surface area contributed by atoms with Gasteiger partial charge in [-0.3, -0.25) is 4.79 Å². The predicted octanol–water partition coefficient (Wildman–Crippen LogP) is 2.93. The molecule has 2 aliphatic rings. The SMILES string of the molecule is C=C(C(CC(O)C(C)(C)O)OC(=O)/C(C)=C\C)[C@@H]1C[C@@H]2O[C@]2(C)[C@H](OC(C)=O)[C@@H]1OC(=O)/C(C)=C\C. The Morgan fingerprint density at radius 3 is 2.17 bits per heavy atom. The third-order valence-corrected chi connectivity index (χ3v) is 7.14. The van der Waals surface area contributed by atoms with Crippen molar-refractivity contribution in [2.45, 2.75) is 110 Å². The summed E-state index contributed by atoms with van der Waals surface area (Å²) in [5, 5.41) is 20.9. The molecule has 1 saturated heterocycles. The van der Waals surface area contributed by atoms with Crippen LogP contribution in [0.15, 0.2) is 35.5 Å². The van der Waals surface area contributed by atoms with Crippen LogP contribution in [0.3, 0.4) is 0 Å². The molecule has 0 aromatic carbocycles. The van der Waals surface area contributed by atoms with Crippen LogP contribution in [-0.2, 0) is 33.3 Å². The molecule has 202 valence electrons. The summed E-state index contributed by atoms with van der Waals surface area (Å²) in [6.07, 6.45) is -1.03. The van der Waals surface area contributed by atoms with E-state index in [2.05, 4.69) is 6.58 Å². The zero-order valence-electron chi connectivity index (χ0n) is 22.5. The smallest absolute Gasteiger partial charge is 0.333 e. The van der Waals surface area contributed by atoms with Crippen molar-refractivity contribution in [2.75, 3.05) is 0 Å². The lowest BCUT2D eigenvalue weighted by Crippen LogP contribution is -2.54. The van der Waals surface area contributed by atoms with Gasteiger partial charge in [-0.25, -0.2) is 9.59 Å².